The third kappa shape index (κ3) is 4.72. The number of nitrogens with zero attached hydrogens (tertiary/aromatic N) is 1. The summed E-state index contributed by atoms with van der Waals surface area (Å²) in [6, 6.07) is 9.15. The number of phenols is 2. The molecule has 6 nitrogen and oxygen atoms in total. The van der Waals surface area contributed by atoms with E-state index in [4.69, 9.17) is 0 Å². The van der Waals surface area contributed by atoms with Gasteiger partial charge in [-0.1, -0.05) is 12.1 Å². The molecule has 1 amide bonds. The molecule has 0 aliphatic rings. The molecule has 0 bridgehead atoms. The first-order chi connectivity index (χ1) is 11.4. The van der Waals surface area contributed by atoms with E-state index in [0.717, 1.165) is 11.3 Å². The summed E-state index contributed by atoms with van der Waals surface area (Å²) in [7, 11) is 0. The average Bonchev–Trinajstić information content (AvgIpc) is 2.55. The van der Waals surface area contributed by atoms with Crippen molar-refractivity contribution in [1.82, 2.24) is 5.43 Å². The third-order valence-electron chi connectivity index (χ3n) is 3.06. The highest BCUT2D eigenvalue weighted by atomic mass is 79.9. The topological polar surface area (TPSA) is 94.0 Å². The SMILES string of the molecule is Cc1cccc(NCC(=O)NN=Cc2cc(Br)c(O)c(Br)c2O)c1. The Bertz CT molecular complexity index is 794. The van der Waals surface area contributed by atoms with Crippen LogP contribution in [-0.2, 0) is 4.79 Å². The van der Waals surface area contributed by atoms with Crippen LogP contribution in [0.15, 0.2) is 44.4 Å². The smallest absolute Gasteiger partial charge is 0.259 e. The number of halogens is 2. The minimum atomic E-state index is -0.329. The van der Waals surface area contributed by atoms with Crippen molar-refractivity contribution >= 4 is 49.7 Å². The number of hydrazone groups is 1. The molecule has 0 saturated heterocycles. The summed E-state index contributed by atoms with van der Waals surface area (Å²) in [5.74, 6) is -0.619. The van der Waals surface area contributed by atoms with E-state index in [-0.39, 0.29) is 28.4 Å². The molecular formula is C16H15Br2N3O3. The Balaban J connectivity index is 1.93. The summed E-state index contributed by atoms with van der Waals surface area (Å²) < 4.78 is 0.534. The van der Waals surface area contributed by atoms with Crippen LogP contribution in [-0.4, -0.2) is 28.9 Å². The van der Waals surface area contributed by atoms with Crippen molar-refractivity contribution in [3.05, 3.63) is 50.4 Å². The van der Waals surface area contributed by atoms with Crippen LogP contribution in [0.25, 0.3) is 0 Å². The molecule has 0 atom stereocenters. The van der Waals surface area contributed by atoms with Gasteiger partial charge in [-0.05, 0) is 62.5 Å². The first-order valence-corrected chi connectivity index (χ1v) is 8.49. The van der Waals surface area contributed by atoms with E-state index >= 15 is 0 Å². The van der Waals surface area contributed by atoms with Crippen LogP contribution in [0.4, 0.5) is 5.69 Å². The predicted molar refractivity (Wildman–Crippen MR) is 101 cm³/mol. The molecule has 0 saturated carbocycles. The maximum Gasteiger partial charge on any atom is 0.259 e. The molecule has 126 valence electrons. The zero-order valence-electron chi connectivity index (χ0n) is 12.7. The van der Waals surface area contributed by atoms with Gasteiger partial charge in [-0.3, -0.25) is 4.79 Å². The number of aromatic hydroxyl groups is 2. The van der Waals surface area contributed by atoms with Gasteiger partial charge in [0.2, 0.25) is 0 Å². The van der Waals surface area contributed by atoms with Gasteiger partial charge in [0.15, 0.2) is 0 Å². The number of anilines is 1. The normalized spacial score (nSPS) is 10.8. The fourth-order valence-electron chi connectivity index (χ4n) is 1.87. The van der Waals surface area contributed by atoms with Crippen molar-refractivity contribution in [3.63, 3.8) is 0 Å². The number of hydrogen-bond donors (Lipinski definition) is 4. The second-order valence-corrected chi connectivity index (χ2v) is 6.62. The van der Waals surface area contributed by atoms with Gasteiger partial charge in [-0.2, -0.15) is 5.10 Å². The predicted octanol–water partition coefficient (Wildman–Crippen LogP) is 3.49. The number of hydrogen-bond acceptors (Lipinski definition) is 5. The van der Waals surface area contributed by atoms with E-state index in [9.17, 15) is 15.0 Å². The number of carbonyl (C=O) groups excluding carboxylic acids is 1. The van der Waals surface area contributed by atoms with Crippen molar-refractivity contribution in [2.75, 3.05) is 11.9 Å². The molecule has 0 radical (unpaired) electrons. The van der Waals surface area contributed by atoms with Gasteiger partial charge in [0.05, 0.1) is 17.2 Å². The first-order valence-electron chi connectivity index (χ1n) is 6.91. The fraction of sp³-hybridized carbons (Fsp3) is 0.125. The summed E-state index contributed by atoms with van der Waals surface area (Å²) >= 11 is 6.23. The molecule has 0 aliphatic carbocycles. The highest BCUT2D eigenvalue weighted by molar-refractivity contribution is 9.11. The summed E-state index contributed by atoms with van der Waals surface area (Å²) in [6.07, 6.45) is 1.29. The van der Waals surface area contributed by atoms with Crippen LogP contribution in [0.5, 0.6) is 11.5 Å². The molecule has 2 rings (SSSR count). The van der Waals surface area contributed by atoms with E-state index in [1.807, 2.05) is 31.2 Å². The Morgan fingerprint density at radius 3 is 2.71 bits per heavy atom. The number of rotatable bonds is 5. The number of aryl methyl sites for hydroxylation is 1. The molecule has 0 heterocycles. The molecule has 2 aromatic rings. The first kappa shape index (κ1) is 18.3. The van der Waals surface area contributed by atoms with Crippen LogP contribution >= 0.6 is 31.9 Å². The average molecular weight is 457 g/mol. The molecule has 0 fully saturated rings. The summed E-state index contributed by atoms with van der Waals surface area (Å²) in [6.45, 7) is 2.03. The van der Waals surface area contributed by atoms with Gasteiger partial charge in [0.1, 0.15) is 16.0 Å². The molecule has 0 aromatic heterocycles. The van der Waals surface area contributed by atoms with Gasteiger partial charge >= 0.3 is 0 Å². The Morgan fingerprint density at radius 1 is 1.25 bits per heavy atom. The lowest BCUT2D eigenvalue weighted by molar-refractivity contribution is -0.119. The molecule has 4 N–H and O–H groups in total. The molecule has 0 spiro atoms. The summed E-state index contributed by atoms with van der Waals surface area (Å²) in [5.41, 5.74) is 4.63. The highest BCUT2D eigenvalue weighted by Gasteiger charge is 2.12. The molecule has 8 heteroatoms. The van der Waals surface area contributed by atoms with Crippen molar-refractivity contribution in [2.24, 2.45) is 5.10 Å². The van der Waals surface area contributed by atoms with Crippen molar-refractivity contribution in [3.8, 4) is 11.5 Å². The second kappa shape index (κ2) is 8.16. The lowest BCUT2D eigenvalue weighted by Gasteiger charge is -2.07. The standard InChI is InChI=1S/C16H15Br2N3O3/c1-9-3-2-4-11(5-9)19-8-13(22)21-20-7-10-6-12(17)16(24)14(18)15(10)23/h2-7,19,23-24H,8H2,1H3,(H,21,22). The Morgan fingerprint density at radius 2 is 2.00 bits per heavy atom. The van der Waals surface area contributed by atoms with Crippen molar-refractivity contribution < 1.29 is 15.0 Å². The lowest BCUT2D eigenvalue weighted by atomic mass is 10.2. The molecular weight excluding hydrogens is 442 g/mol. The van der Waals surface area contributed by atoms with Crippen LogP contribution in [0, 0.1) is 6.92 Å². The van der Waals surface area contributed by atoms with Gasteiger partial charge in [0, 0.05) is 11.3 Å². The van der Waals surface area contributed by atoms with Gasteiger partial charge < -0.3 is 15.5 Å². The zero-order chi connectivity index (χ0) is 17.7. The van der Waals surface area contributed by atoms with Crippen molar-refractivity contribution in [1.29, 1.82) is 0 Å². The van der Waals surface area contributed by atoms with Crippen LogP contribution in [0.3, 0.4) is 0 Å². The largest absolute Gasteiger partial charge is 0.506 e. The number of carbonyl (C=O) groups is 1. The third-order valence-corrected chi connectivity index (χ3v) is 4.42. The number of benzene rings is 2. The van der Waals surface area contributed by atoms with Gasteiger partial charge in [-0.15, -0.1) is 0 Å². The molecule has 0 unspecified atom stereocenters. The minimum Gasteiger partial charge on any atom is -0.506 e. The van der Waals surface area contributed by atoms with E-state index < -0.39 is 0 Å². The number of nitrogens with one attached hydrogen (secondary N) is 2. The molecule has 0 aliphatic heterocycles. The van der Waals surface area contributed by atoms with Crippen LogP contribution < -0.4 is 10.7 Å². The summed E-state index contributed by atoms with van der Waals surface area (Å²) in [4.78, 5) is 11.8. The maximum absolute atomic E-state index is 11.8. The Kier molecular flexibility index (Phi) is 6.22. The second-order valence-electron chi connectivity index (χ2n) is 4.98. The van der Waals surface area contributed by atoms with Gasteiger partial charge in [-0.25, -0.2) is 5.43 Å². The highest BCUT2D eigenvalue weighted by Crippen LogP contribution is 2.40. The Hall–Kier alpha value is -2.06. The Labute approximate surface area is 155 Å². The van der Waals surface area contributed by atoms with E-state index in [1.165, 1.54) is 12.3 Å². The number of phenolic OH excluding ortho intramolecular Hbond substituents is 2. The van der Waals surface area contributed by atoms with Crippen LogP contribution in [0.1, 0.15) is 11.1 Å². The monoisotopic (exact) mass is 455 g/mol. The zero-order valence-corrected chi connectivity index (χ0v) is 15.8. The minimum absolute atomic E-state index is 0.0652. The molecule has 2 aromatic carbocycles. The van der Waals surface area contributed by atoms with E-state index in [2.05, 4.69) is 47.7 Å². The maximum atomic E-state index is 11.8. The van der Waals surface area contributed by atoms with Gasteiger partial charge in [0.25, 0.3) is 5.91 Å². The quantitative estimate of drug-likeness (QED) is 0.409. The number of amides is 1. The van der Waals surface area contributed by atoms with Crippen LogP contribution in [0.2, 0.25) is 0 Å². The van der Waals surface area contributed by atoms with Crippen molar-refractivity contribution in [2.45, 2.75) is 6.92 Å². The summed E-state index contributed by atoms with van der Waals surface area (Å²) in [5, 5.41) is 26.3. The lowest BCUT2D eigenvalue weighted by Crippen LogP contribution is -2.25. The fourth-order valence-corrected chi connectivity index (χ4v) is 3.02. The van der Waals surface area contributed by atoms with E-state index in [0.29, 0.717) is 10.0 Å². The van der Waals surface area contributed by atoms with E-state index in [1.54, 1.807) is 0 Å². The molecule has 24 heavy (non-hydrogen) atoms.